The third-order valence-corrected chi connectivity index (χ3v) is 3.83. The zero-order valence-corrected chi connectivity index (χ0v) is 11.4. The van der Waals surface area contributed by atoms with Crippen molar-refractivity contribution in [3.8, 4) is 0 Å². The lowest BCUT2D eigenvalue weighted by Gasteiger charge is -2.37. The minimum atomic E-state index is -0.864. The Labute approximate surface area is 117 Å². The number of piperidine rings is 1. The number of rotatable bonds is 3. The standard InChI is InChI=1S/C15H18FNO3/c1-15(14(19)20)7-2-8-17(10-15)13(18)9-11-3-5-12(16)6-4-11/h3-6H,2,7-10H2,1H3,(H,19,20). The molecule has 1 aliphatic rings. The lowest BCUT2D eigenvalue weighted by molar-refractivity contribution is -0.153. The number of hydrogen-bond acceptors (Lipinski definition) is 2. The second-order valence-corrected chi connectivity index (χ2v) is 5.59. The van der Waals surface area contributed by atoms with Gasteiger partial charge in [-0.15, -0.1) is 0 Å². The molecule has 1 fully saturated rings. The highest BCUT2D eigenvalue weighted by Gasteiger charge is 2.39. The highest BCUT2D eigenvalue weighted by molar-refractivity contribution is 5.81. The van der Waals surface area contributed by atoms with Crippen LogP contribution in [0.2, 0.25) is 0 Å². The van der Waals surface area contributed by atoms with E-state index in [4.69, 9.17) is 0 Å². The summed E-state index contributed by atoms with van der Waals surface area (Å²) in [7, 11) is 0. The van der Waals surface area contributed by atoms with Gasteiger partial charge in [0.25, 0.3) is 0 Å². The van der Waals surface area contributed by atoms with Crippen molar-refractivity contribution in [3.05, 3.63) is 35.6 Å². The molecule has 1 unspecified atom stereocenters. The highest BCUT2D eigenvalue weighted by atomic mass is 19.1. The minimum Gasteiger partial charge on any atom is -0.481 e. The molecular formula is C15H18FNO3. The maximum absolute atomic E-state index is 12.8. The Morgan fingerprint density at radius 2 is 2.00 bits per heavy atom. The number of carbonyl (C=O) groups is 2. The molecule has 4 nitrogen and oxygen atoms in total. The summed E-state index contributed by atoms with van der Waals surface area (Å²) in [4.78, 5) is 25.1. The molecule has 0 bridgehead atoms. The fraction of sp³-hybridized carbons (Fsp3) is 0.467. The quantitative estimate of drug-likeness (QED) is 0.921. The number of amides is 1. The van der Waals surface area contributed by atoms with E-state index in [0.29, 0.717) is 19.4 Å². The van der Waals surface area contributed by atoms with Gasteiger partial charge in [-0.3, -0.25) is 9.59 Å². The van der Waals surface area contributed by atoms with Crippen LogP contribution in [-0.2, 0) is 16.0 Å². The van der Waals surface area contributed by atoms with Gasteiger partial charge in [-0.25, -0.2) is 4.39 Å². The van der Waals surface area contributed by atoms with Crippen LogP contribution in [-0.4, -0.2) is 35.0 Å². The van der Waals surface area contributed by atoms with E-state index in [1.807, 2.05) is 0 Å². The summed E-state index contributed by atoms with van der Waals surface area (Å²) >= 11 is 0. The monoisotopic (exact) mass is 279 g/mol. The Kier molecular flexibility index (Phi) is 4.06. The highest BCUT2D eigenvalue weighted by Crippen LogP contribution is 2.29. The maximum atomic E-state index is 12.8. The van der Waals surface area contributed by atoms with Crippen LogP contribution in [0, 0.1) is 11.2 Å². The summed E-state index contributed by atoms with van der Waals surface area (Å²) in [6, 6.07) is 5.79. The number of hydrogen-bond donors (Lipinski definition) is 1. The van der Waals surface area contributed by atoms with Gasteiger partial charge in [0.05, 0.1) is 11.8 Å². The molecule has 1 N–H and O–H groups in total. The Bertz CT molecular complexity index is 514. The average Bonchev–Trinajstić information content (AvgIpc) is 2.41. The normalized spacial score (nSPS) is 22.6. The molecule has 108 valence electrons. The molecule has 0 radical (unpaired) electrons. The first-order valence-corrected chi connectivity index (χ1v) is 6.66. The van der Waals surface area contributed by atoms with Gasteiger partial charge in [0, 0.05) is 13.1 Å². The van der Waals surface area contributed by atoms with Gasteiger partial charge in [-0.2, -0.15) is 0 Å². The molecule has 1 aromatic carbocycles. The van der Waals surface area contributed by atoms with Crippen molar-refractivity contribution >= 4 is 11.9 Å². The van der Waals surface area contributed by atoms with E-state index in [9.17, 15) is 19.1 Å². The first-order chi connectivity index (χ1) is 9.40. The number of aliphatic carboxylic acids is 1. The molecule has 0 aliphatic carbocycles. The SMILES string of the molecule is CC1(C(=O)O)CCCN(C(=O)Cc2ccc(F)cc2)C1. The average molecular weight is 279 g/mol. The van der Waals surface area contributed by atoms with Gasteiger partial charge in [0.1, 0.15) is 5.82 Å². The maximum Gasteiger partial charge on any atom is 0.311 e. The van der Waals surface area contributed by atoms with Crippen molar-refractivity contribution in [2.24, 2.45) is 5.41 Å². The van der Waals surface area contributed by atoms with Gasteiger partial charge in [-0.05, 0) is 37.5 Å². The predicted octanol–water partition coefficient (Wildman–Crippen LogP) is 2.08. The van der Waals surface area contributed by atoms with Gasteiger partial charge in [-0.1, -0.05) is 12.1 Å². The minimum absolute atomic E-state index is 0.108. The smallest absolute Gasteiger partial charge is 0.311 e. The Morgan fingerprint density at radius 1 is 1.35 bits per heavy atom. The number of nitrogens with zero attached hydrogens (tertiary/aromatic N) is 1. The third kappa shape index (κ3) is 3.15. The van der Waals surface area contributed by atoms with Crippen LogP contribution in [0.15, 0.2) is 24.3 Å². The topological polar surface area (TPSA) is 57.6 Å². The van der Waals surface area contributed by atoms with E-state index in [2.05, 4.69) is 0 Å². The largest absolute Gasteiger partial charge is 0.481 e. The van der Waals surface area contributed by atoms with Crippen LogP contribution in [0.5, 0.6) is 0 Å². The fourth-order valence-corrected chi connectivity index (χ4v) is 2.52. The number of carbonyl (C=O) groups excluding carboxylic acids is 1. The lowest BCUT2D eigenvalue weighted by Crippen LogP contribution is -2.48. The second kappa shape index (κ2) is 5.61. The van der Waals surface area contributed by atoms with Crippen molar-refractivity contribution in [2.45, 2.75) is 26.2 Å². The van der Waals surface area contributed by atoms with Crippen molar-refractivity contribution in [1.29, 1.82) is 0 Å². The molecule has 0 spiro atoms. The van der Waals surface area contributed by atoms with Crippen molar-refractivity contribution < 1.29 is 19.1 Å². The van der Waals surface area contributed by atoms with Gasteiger partial charge >= 0.3 is 5.97 Å². The zero-order valence-electron chi connectivity index (χ0n) is 11.4. The van der Waals surface area contributed by atoms with E-state index >= 15 is 0 Å². The molecule has 0 aromatic heterocycles. The molecule has 1 aromatic rings. The summed E-state index contributed by atoms with van der Waals surface area (Å²) < 4.78 is 12.8. The molecule has 20 heavy (non-hydrogen) atoms. The van der Waals surface area contributed by atoms with E-state index in [1.54, 1.807) is 24.0 Å². The van der Waals surface area contributed by atoms with E-state index < -0.39 is 11.4 Å². The lowest BCUT2D eigenvalue weighted by atomic mass is 9.82. The van der Waals surface area contributed by atoms with Crippen LogP contribution in [0.1, 0.15) is 25.3 Å². The first kappa shape index (κ1) is 14.5. The molecular weight excluding hydrogens is 261 g/mol. The molecule has 1 amide bonds. The Morgan fingerprint density at radius 3 is 2.60 bits per heavy atom. The summed E-state index contributed by atoms with van der Waals surface area (Å²) in [5, 5.41) is 9.24. The number of carboxylic acid groups (broad SMARTS) is 1. The third-order valence-electron chi connectivity index (χ3n) is 3.83. The van der Waals surface area contributed by atoms with Crippen LogP contribution in [0.3, 0.4) is 0 Å². The summed E-state index contributed by atoms with van der Waals surface area (Å²) in [5.41, 5.74) is -0.129. The van der Waals surface area contributed by atoms with Crippen molar-refractivity contribution in [1.82, 2.24) is 4.90 Å². The van der Waals surface area contributed by atoms with E-state index in [-0.39, 0.29) is 24.7 Å². The van der Waals surface area contributed by atoms with Crippen LogP contribution < -0.4 is 0 Å². The molecule has 2 rings (SSSR count). The number of benzene rings is 1. The summed E-state index contributed by atoms with van der Waals surface area (Å²) in [6.45, 7) is 2.50. The van der Waals surface area contributed by atoms with E-state index in [0.717, 1.165) is 5.56 Å². The number of likely N-dealkylation sites (tertiary alicyclic amines) is 1. The predicted molar refractivity (Wildman–Crippen MR) is 71.7 cm³/mol. The van der Waals surface area contributed by atoms with Gasteiger partial charge < -0.3 is 10.0 Å². The molecule has 0 saturated carbocycles. The van der Waals surface area contributed by atoms with Gasteiger partial charge in [0.15, 0.2) is 0 Å². The fourth-order valence-electron chi connectivity index (χ4n) is 2.52. The molecule has 1 heterocycles. The molecule has 1 atom stereocenters. The first-order valence-electron chi connectivity index (χ1n) is 6.66. The summed E-state index contributed by atoms with van der Waals surface area (Å²) in [5.74, 6) is -1.31. The van der Waals surface area contributed by atoms with E-state index in [1.165, 1.54) is 12.1 Å². The van der Waals surface area contributed by atoms with Crippen molar-refractivity contribution in [3.63, 3.8) is 0 Å². The second-order valence-electron chi connectivity index (χ2n) is 5.59. The van der Waals surface area contributed by atoms with Crippen LogP contribution in [0.25, 0.3) is 0 Å². The molecule has 1 saturated heterocycles. The summed E-state index contributed by atoms with van der Waals surface area (Å²) in [6.07, 6.45) is 1.45. The van der Waals surface area contributed by atoms with Crippen LogP contribution in [0.4, 0.5) is 4.39 Å². The van der Waals surface area contributed by atoms with Crippen molar-refractivity contribution in [2.75, 3.05) is 13.1 Å². The number of halogens is 1. The molecule has 1 aliphatic heterocycles. The molecule has 5 heteroatoms. The van der Waals surface area contributed by atoms with Gasteiger partial charge in [0.2, 0.25) is 5.91 Å². The number of carboxylic acids is 1. The van der Waals surface area contributed by atoms with Crippen LogP contribution >= 0.6 is 0 Å². The Hall–Kier alpha value is -1.91. The zero-order chi connectivity index (χ0) is 14.8. The Balaban J connectivity index is 2.02.